The minimum atomic E-state index is -1.62. The molecular formula is C30H52Si4. The Bertz CT molecular complexity index is 986. The fourth-order valence-corrected chi connectivity index (χ4v) is 72.7. The SMILES string of the molecule is Cc1cc(C)c([Si](c2c(C)cc(C)cc2C)=[Si]([Si](C)(C)C(C)(C)C)[Si](C)(C)C(C)(C)C)c(C)c1. The third-order valence-electron chi connectivity index (χ3n) is 9.10. The van der Waals surface area contributed by atoms with Gasteiger partial charge in [-0.1, -0.05) is 103 Å². The molecule has 0 amide bonds. The third kappa shape index (κ3) is 5.35. The number of aryl methyl sites for hydroxylation is 6. The zero-order valence-corrected chi connectivity index (χ0v) is 29.3. The molecule has 0 aliphatic heterocycles. The van der Waals surface area contributed by atoms with E-state index in [0.29, 0.717) is 10.1 Å². The predicted molar refractivity (Wildman–Crippen MR) is 166 cm³/mol. The van der Waals surface area contributed by atoms with E-state index in [9.17, 15) is 0 Å². The van der Waals surface area contributed by atoms with Crippen LogP contribution in [0.3, 0.4) is 0 Å². The molecule has 0 N–H and O–H groups in total. The van der Waals surface area contributed by atoms with Crippen LogP contribution < -0.4 is 10.4 Å². The van der Waals surface area contributed by atoms with Crippen molar-refractivity contribution in [2.75, 3.05) is 0 Å². The lowest BCUT2D eigenvalue weighted by molar-refractivity contribution is 0.728. The molecule has 188 valence electrons. The van der Waals surface area contributed by atoms with Gasteiger partial charge >= 0.3 is 0 Å². The molecule has 0 saturated heterocycles. The molecule has 0 aliphatic carbocycles. The Kier molecular flexibility index (Phi) is 8.38. The second kappa shape index (κ2) is 9.64. The molecule has 0 fully saturated rings. The molecule has 4 heteroatoms. The van der Waals surface area contributed by atoms with Crippen LogP contribution in [0.4, 0.5) is 0 Å². The van der Waals surface area contributed by atoms with Gasteiger partial charge in [-0.3, -0.25) is 0 Å². The second-order valence-electron chi connectivity index (χ2n) is 14.0. The fourth-order valence-electron chi connectivity index (χ4n) is 5.68. The summed E-state index contributed by atoms with van der Waals surface area (Å²) in [6.45, 7) is 40.0. The van der Waals surface area contributed by atoms with E-state index >= 15 is 0 Å². The summed E-state index contributed by atoms with van der Waals surface area (Å²) in [5.41, 5.74) is 9.00. The maximum atomic E-state index is 2.78. The summed E-state index contributed by atoms with van der Waals surface area (Å²) in [7, 11) is -4.18. The zero-order valence-electron chi connectivity index (χ0n) is 25.3. The Morgan fingerprint density at radius 2 is 0.735 bits per heavy atom. The monoisotopic (exact) mass is 524 g/mol. The van der Waals surface area contributed by atoms with Gasteiger partial charge in [0.2, 0.25) is 0 Å². The van der Waals surface area contributed by atoms with Crippen LogP contribution >= 0.6 is 0 Å². The van der Waals surface area contributed by atoms with Crippen molar-refractivity contribution < 1.29 is 0 Å². The quantitative estimate of drug-likeness (QED) is 0.357. The minimum absolute atomic E-state index is 0.395. The third-order valence-corrected chi connectivity index (χ3v) is 64.2. The Morgan fingerprint density at radius 3 is 0.941 bits per heavy atom. The summed E-state index contributed by atoms with van der Waals surface area (Å²) < 4.78 is 0. The van der Waals surface area contributed by atoms with Gasteiger partial charge in [0.15, 0.2) is 0 Å². The Hall–Kier alpha value is -0.692. The van der Waals surface area contributed by atoms with Gasteiger partial charge in [0.1, 0.15) is 0 Å². The predicted octanol–water partition coefficient (Wildman–Crippen LogP) is 7.89. The van der Waals surface area contributed by atoms with E-state index in [1.54, 1.807) is 32.6 Å². The Labute approximate surface area is 216 Å². The average Bonchev–Trinajstić information content (AvgIpc) is 2.57. The highest BCUT2D eigenvalue weighted by Crippen LogP contribution is 2.44. The zero-order chi connectivity index (χ0) is 26.6. The lowest BCUT2D eigenvalue weighted by Crippen LogP contribution is -2.70. The molecule has 34 heavy (non-hydrogen) atoms. The molecule has 0 aliphatic rings. The van der Waals surface area contributed by atoms with Crippen LogP contribution in [0.15, 0.2) is 24.3 Å². The largest absolute Gasteiger partial charge is 0.0690 e. The summed E-state index contributed by atoms with van der Waals surface area (Å²) >= 11 is 0. The van der Waals surface area contributed by atoms with E-state index in [0.717, 1.165) is 0 Å². The van der Waals surface area contributed by atoms with Gasteiger partial charge < -0.3 is 0 Å². The normalized spacial score (nSPS) is 13.3. The van der Waals surface area contributed by atoms with Crippen LogP contribution in [0.25, 0.3) is 0 Å². The molecule has 2 aromatic rings. The molecular weight excluding hydrogens is 473 g/mol. The molecule has 2 rings (SSSR count). The molecule has 0 aromatic heterocycles. The topological polar surface area (TPSA) is 0 Å². The van der Waals surface area contributed by atoms with Crippen molar-refractivity contribution in [3.63, 3.8) is 0 Å². The Balaban J connectivity index is 3.38. The first-order chi connectivity index (χ1) is 15.1. The number of rotatable bonds is 4. The summed E-state index contributed by atoms with van der Waals surface area (Å²) in [5.74, 6) is 0. The van der Waals surface area contributed by atoms with E-state index in [4.69, 9.17) is 0 Å². The lowest BCUT2D eigenvalue weighted by atomic mass is 10.1. The van der Waals surface area contributed by atoms with Crippen molar-refractivity contribution in [3.05, 3.63) is 57.6 Å². The van der Waals surface area contributed by atoms with E-state index in [-0.39, 0.29) is 0 Å². The minimum Gasteiger partial charge on any atom is -0.0690 e. The van der Waals surface area contributed by atoms with E-state index in [2.05, 4.69) is 134 Å². The van der Waals surface area contributed by atoms with Crippen LogP contribution in [0.5, 0.6) is 0 Å². The van der Waals surface area contributed by atoms with Crippen molar-refractivity contribution in [3.8, 4) is 0 Å². The molecule has 0 spiro atoms. The van der Waals surface area contributed by atoms with Gasteiger partial charge in [-0.2, -0.15) is 0 Å². The number of benzene rings is 2. The van der Waals surface area contributed by atoms with Crippen LogP contribution in [0, 0.1) is 41.5 Å². The van der Waals surface area contributed by atoms with Gasteiger partial charge in [0.05, 0.1) is 23.1 Å². The maximum Gasteiger partial charge on any atom is 0.0568 e. The number of hydrogen-bond donors (Lipinski definition) is 0. The first kappa shape index (κ1) is 29.5. The lowest BCUT2D eigenvalue weighted by Gasteiger charge is -2.51. The van der Waals surface area contributed by atoms with Crippen LogP contribution in [0.1, 0.15) is 74.9 Å². The molecule has 0 nitrogen and oxygen atoms in total. The van der Waals surface area contributed by atoms with Crippen molar-refractivity contribution in [2.45, 2.75) is 119 Å². The molecule has 0 heterocycles. The highest BCUT2D eigenvalue weighted by Gasteiger charge is 2.51. The molecule has 0 radical (unpaired) electrons. The van der Waals surface area contributed by atoms with Crippen LogP contribution in [-0.4, -0.2) is 30.0 Å². The van der Waals surface area contributed by atoms with E-state index in [1.165, 1.54) is 11.1 Å². The van der Waals surface area contributed by atoms with Crippen molar-refractivity contribution in [1.29, 1.82) is 0 Å². The summed E-state index contributed by atoms with van der Waals surface area (Å²) in [5, 5.41) is 4.31. The molecule has 0 atom stereocenters. The summed E-state index contributed by atoms with van der Waals surface area (Å²) in [4.78, 5) is 0. The van der Waals surface area contributed by atoms with Crippen molar-refractivity contribution >= 4 is 40.4 Å². The van der Waals surface area contributed by atoms with Crippen LogP contribution in [0.2, 0.25) is 36.3 Å². The first-order valence-corrected chi connectivity index (χ1v) is 25.1. The fraction of sp³-hybridized carbons (Fsp3) is 0.600. The molecule has 0 unspecified atom stereocenters. The van der Waals surface area contributed by atoms with Gasteiger partial charge in [0, 0.05) is 0 Å². The van der Waals surface area contributed by atoms with Gasteiger partial charge in [-0.25, -0.2) is 0 Å². The first-order valence-electron chi connectivity index (χ1n) is 13.1. The van der Waals surface area contributed by atoms with Crippen molar-refractivity contribution in [2.24, 2.45) is 0 Å². The summed E-state index contributed by atoms with van der Waals surface area (Å²) in [6, 6.07) is 9.90. The highest BCUT2D eigenvalue weighted by molar-refractivity contribution is 7.68. The van der Waals surface area contributed by atoms with E-state index in [1.807, 2.05) is 0 Å². The van der Waals surface area contributed by atoms with Crippen LogP contribution in [-0.2, 0) is 0 Å². The highest BCUT2D eigenvalue weighted by atomic mass is 29.8. The second-order valence-corrected chi connectivity index (χ2v) is 44.0. The number of hydrogen-bond acceptors (Lipinski definition) is 0. The van der Waals surface area contributed by atoms with E-state index < -0.39 is 30.0 Å². The average molecular weight is 525 g/mol. The maximum absolute atomic E-state index is 2.78. The van der Waals surface area contributed by atoms with Crippen molar-refractivity contribution in [1.82, 2.24) is 0 Å². The molecule has 2 aromatic carbocycles. The standard InChI is InChI=1S/C30H52Si4/c1-21-17-23(3)27(24(4)18-21)31(28-25(5)19-22(2)20-26(28)6)32(33(13,14)29(7,8)9)34(15,16)30(10,11)12/h17-20H,1-16H3. The van der Waals surface area contributed by atoms with Gasteiger partial charge in [0.25, 0.3) is 0 Å². The molecule has 0 saturated carbocycles. The molecule has 0 bridgehead atoms. The van der Waals surface area contributed by atoms with Gasteiger partial charge in [-0.15, -0.1) is 0 Å². The Morgan fingerprint density at radius 1 is 0.500 bits per heavy atom. The smallest absolute Gasteiger partial charge is 0.0568 e. The summed E-state index contributed by atoms with van der Waals surface area (Å²) in [6.07, 6.45) is 0. The van der Waals surface area contributed by atoms with Gasteiger partial charge in [-0.05, 0) is 91.2 Å².